The van der Waals surface area contributed by atoms with E-state index in [0.717, 1.165) is 0 Å². The summed E-state index contributed by atoms with van der Waals surface area (Å²) in [5.41, 5.74) is 0.940. The van der Waals surface area contributed by atoms with Gasteiger partial charge in [-0.15, -0.1) is 0 Å². The van der Waals surface area contributed by atoms with Crippen LogP contribution >= 0.6 is 0 Å². The number of benzene rings is 2. The molecule has 0 aliphatic heterocycles. The lowest BCUT2D eigenvalue weighted by Crippen LogP contribution is -2.33. The highest BCUT2D eigenvalue weighted by Crippen LogP contribution is 2.19. The Balaban J connectivity index is 1.87. The smallest absolute Gasteiger partial charge is 0.310 e. The van der Waals surface area contributed by atoms with Crippen molar-refractivity contribution in [3.05, 3.63) is 59.9 Å². The predicted octanol–water partition coefficient (Wildman–Crippen LogP) is 2.58. The second-order valence-corrected chi connectivity index (χ2v) is 8.65. The van der Waals surface area contributed by atoms with Gasteiger partial charge in [-0.25, -0.2) is 12.8 Å². The number of hydrogen-bond donors (Lipinski definition) is 1. The molecule has 0 saturated heterocycles. The first-order valence-electron chi connectivity index (χ1n) is 8.87. The Hall–Kier alpha value is -2.78. The number of nitrogens with one attached hydrogen (secondary N) is 1. The van der Waals surface area contributed by atoms with Gasteiger partial charge >= 0.3 is 5.97 Å². The van der Waals surface area contributed by atoms with Gasteiger partial charge in [0.05, 0.1) is 11.3 Å². The summed E-state index contributed by atoms with van der Waals surface area (Å²) in [7, 11) is -2.11. The van der Waals surface area contributed by atoms with E-state index < -0.39 is 34.3 Å². The zero-order chi connectivity index (χ0) is 21.6. The van der Waals surface area contributed by atoms with Crippen molar-refractivity contribution in [1.29, 1.82) is 0 Å². The lowest BCUT2D eigenvalue weighted by atomic mass is 10.1. The maximum Gasteiger partial charge on any atom is 0.310 e. The molecule has 0 heterocycles. The van der Waals surface area contributed by atoms with Gasteiger partial charge < -0.3 is 10.1 Å². The minimum absolute atomic E-state index is 0.0799. The molecule has 9 heteroatoms. The molecule has 0 spiro atoms. The van der Waals surface area contributed by atoms with Gasteiger partial charge in [0.1, 0.15) is 5.82 Å². The van der Waals surface area contributed by atoms with Gasteiger partial charge in [0.25, 0.3) is 5.91 Å². The fraction of sp³-hybridized carbons (Fsp3) is 0.300. The van der Waals surface area contributed by atoms with E-state index in [1.807, 2.05) is 0 Å². The van der Waals surface area contributed by atoms with Crippen molar-refractivity contribution in [2.75, 3.05) is 19.0 Å². The molecule has 0 aliphatic carbocycles. The van der Waals surface area contributed by atoms with Crippen molar-refractivity contribution < 1.29 is 27.1 Å². The summed E-state index contributed by atoms with van der Waals surface area (Å²) in [6.45, 7) is 3.04. The largest absolute Gasteiger partial charge is 0.455 e. The quantitative estimate of drug-likeness (QED) is 0.660. The first-order valence-corrected chi connectivity index (χ1v) is 10.3. The van der Waals surface area contributed by atoms with Crippen LogP contribution in [-0.4, -0.2) is 44.3 Å². The molecule has 2 aromatic rings. The number of amides is 1. The molecule has 2 aromatic carbocycles. The van der Waals surface area contributed by atoms with Gasteiger partial charge in [-0.3, -0.25) is 9.59 Å². The Morgan fingerprint density at radius 1 is 1.07 bits per heavy atom. The van der Waals surface area contributed by atoms with Crippen LogP contribution in [0.3, 0.4) is 0 Å². The number of ether oxygens (including phenoxy) is 1. The number of rotatable bonds is 8. The second-order valence-electron chi connectivity index (χ2n) is 6.65. The third-order valence-corrected chi connectivity index (χ3v) is 6.22. The van der Waals surface area contributed by atoms with Crippen molar-refractivity contribution in [3.63, 3.8) is 0 Å². The maximum atomic E-state index is 12.8. The van der Waals surface area contributed by atoms with E-state index >= 15 is 0 Å². The Morgan fingerprint density at radius 2 is 1.66 bits per heavy atom. The SMILES string of the molecule is CC(C)N(C)S(=O)(=O)c1ccc(NC(=O)COC(=O)Cc2ccc(F)cc2)cc1. The molecule has 0 atom stereocenters. The molecule has 7 nitrogen and oxygen atoms in total. The molecule has 1 N–H and O–H groups in total. The topological polar surface area (TPSA) is 92.8 Å². The summed E-state index contributed by atoms with van der Waals surface area (Å²) < 4.78 is 43.8. The number of hydrogen-bond acceptors (Lipinski definition) is 5. The molecule has 29 heavy (non-hydrogen) atoms. The van der Waals surface area contributed by atoms with Gasteiger partial charge in [0.2, 0.25) is 10.0 Å². The van der Waals surface area contributed by atoms with Crippen molar-refractivity contribution in [2.45, 2.75) is 31.2 Å². The molecule has 0 radical (unpaired) electrons. The summed E-state index contributed by atoms with van der Waals surface area (Å²) in [5, 5.41) is 2.53. The second kappa shape index (κ2) is 9.62. The molecular weight excluding hydrogens is 399 g/mol. The lowest BCUT2D eigenvalue weighted by Gasteiger charge is -2.21. The number of esters is 1. The fourth-order valence-corrected chi connectivity index (χ4v) is 3.68. The van der Waals surface area contributed by atoms with Gasteiger partial charge in [0.15, 0.2) is 6.61 Å². The number of anilines is 1. The van der Waals surface area contributed by atoms with Crippen molar-refractivity contribution in [3.8, 4) is 0 Å². The maximum absolute atomic E-state index is 12.8. The van der Waals surface area contributed by atoms with Crippen LogP contribution in [0.15, 0.2) is 53.4 Å². The third kappa shape index (κ3) is 6.37. The van der Waals surface area contributed by atoms with E-state index in [1.54, 1.807) is 13.8 Å². The molecule has 1 amide bonds. The molecule has 0 bridgehead atoms. The van der Waals surface area contributed by atoms with Crippen LogP contribution in [0.1, 0.15) is 19.4 Å². The number of carbonyl (C=O) groups is 2. The summed E-state index contributed by atoms with van der Waals surface area (Å²) >= 11 is 0. The predicted molar refractivity (Wildman–Crippen MR) is 106 cm³/mol. The van der Waals surface area contributed by atoms with E-state index in [1.165, 1.54) is 59.9 Å². The Morgan fingerprint density at radius 3 is 2.21 bits per heavy atom. The number of sulfonamides is 1. The highest BCUT2D eigenvalue weighted by Gasteiger charge is 2.22. The number of halogens is 1. The van der Waals surface area contributed by atoms with Gasteiger partial charge in [-0.1, -0.05) is 12.1 Å². The zero-order valence-electron chi connectivity index (χ0n) is 16.4. The standard InChI is InChI=1S/C20H23FN2O5S/c1-14(2)23(3)29(26,27)18-10-8-17(9-11-18)22-19(24)13-28-20(25)12-15-4-6-16(21)7-5-15/h4-11,14H,12-13H2,1-3H3,(H,22,24). The fourth-order valence-electron chi connectivity index (χ4n) is 2.32. The van der Waals surface area contributed by atoms with Gasteiger partial charge in [0, 0.05) is 18.8 Å². The Bertz CT molecular complexity index is 957. The molecular formula is C20H23FN2O5S. The van der Waals surface area contributed by atoms with Gasteiger partial charge in [-0.05, 0) is 55.8 Å². The monoisotopic (exact) mass is 422 g/mol. The molecule has 0 aliphatic rings. The molecule has 0 unspecified atom stereocenters. The molecule has 0 saturated carbocycles. The average molecular weight is 422 g/mol. The molecule has 156 valence electrons. The van der Waals surface area contributed by atoms with Crippen LogP contribution in [0.2, 0.25) is 0 Å². The molecule has 0 fully saturated rings. The van der Waals surface area contributed by atoms with E-state index in [2.05, 4.69) is 5.32 Å². The van der Waals surface area contributed by atoms with Crippen LogP contribution < -0.4 is 5.32 Å². The third-order valence-electron chi connectivity index (χ3n) is 4.17. The molecule has 0 aromatic heterocycles. The van der Waals surface area contributed by atoms with Crippen LogP contribution in [0.5, 0.6) is 0 Å². The van der Waals surface area contributed by atoms with Crippen LogP contribution in [0.25, 0.3) is 0 Å². The summed E-state index contributed by atoms with van der Waals surface area (Å²) in [4.78, 5) is 23.8. The van der Waals surface area contributed by atoms with Crippen molar-refractivity contribution in [1.82, 2.24) is 4.31 Å². The van der Waals surface area contributed by atoms with Crippen molar-refractivity contribution in [2.24, 2.45) is 0 Å². The van der Waals surface area contributed by atoms with E-state index in [0.29, 0.717) is 11.3 Å². The minimum atomic E-state index is -3.61. The van der Waals surface area contributed by atoms with Crippen molar-refractivity contribution >= 4 is 27.6 Å². The minimum Gasteiger partial charge on any atom is -0.455 e. The number of nitrogens with zero attached hydrogens (tertiary/aromatic N) is 1. The number of carbonyl (C=O) groups excluding carboxylic acids is 2. The van der Waals surface area contributed by atoms with E-state index in [-0.39, 0.29) is 17.4 Å². The zero-order valence-corrected chi connectivity index (χ0v) is 17.2. The highest BCUT2D eigenvalue weighted by molar-refractivity contribution is 7.89. The van der Waals surface area contributed by atoms with Crippen LogP contribution in [0.4, 0.5) is 10.1 Å². The Labute approximate surface area is 169 Å². The Kier molecular flexibility index (Phi) is 7.46. The summed E-state index contributed by atoms with van der Waals surface area (Å²) in [5.74, 6) is -1.59. The van der Waals surface area contributed by atoms with Crippen LogP contribution in [0, 0.1) is 5.82 Å². The van der Waals surface area contributed by atoms with Gasteiger partial charge in [-0.2, -0.15) is 4.31 Å². The average Bonchev–Trinajstić information content (AvgIpc) is 2.68. The summed E-state index contributed by atoms with van der Waals surface area (Å²) in [6.07, 6.45) is -0.0799. The summed E-state index contributed by atoms with van der Waals surface area (Å²) in [6, 6.07) is 10.9. The first kappa shape index (κ1) is 22.5. The highest BCUT2D eigenvalue weighted by atomic mass is 32.2. The van der Waals surface area contributed by atoms with Crippen LogP contribution in [-0.2, 0) is 30.8 Å². The normalized spacial score (nSPS) is 11.5. The van der Waals surface area contributed by atoms with E-state index in [4.69, 9.17) is 4.74 Å². The first-order chi connectivity index (χ1) is 13.6. The van der Waals surface area contributed by atoms with E-state index in [9.17, 15) is 22.4 Å². The lowest BCUT2D eigenvalue weighted by molar-refractivity contribution is -0.146. The molecule has 2 rings (SSSR count).